The molecule has 150 valence electrons. The summed E-state index contributed by atoms with van der Waals surface area (Å²) >= 11 is 7.98. The summed E-state index contributed by atoms with van der Waals surface area (Å²) in [5.74, 6) is 0.0699. The number of amides is 1. The average molecular weight is 543 g/mol. The zero-order valence-electron chi connectivity index (χ0n) is 14.9. The van der Waals surface area contributed by atoms with E-state index in [1.54, 1.807) is 36.4 Å². The van der Waals surface area contributed by atoms with Crippen molar-refractivity contribution in [2.45, 2.75) is 4.90 Å². The molecule has 1 amide bonds. The topological polar surface area (TPSA) is 84.5 Å². The van der Waals surface area contributed by atoms with E-state index < -0.39 is 10.0 Å². The smallest absolute Gasteiger partial charge is 0.262 e. The third-order valence-corrected chi connectivity index (χ3v) is 6.10. The molecule has 0 atom stereocenters. The van der Waals surface area contributed by atoms with E-state index in [4.69, 9.17) is 16.3 Å². The van der Waals surface area contributed by atoms with Gasteiger partial charge in [0.2, 0.25) is 0 Å². The molecule has 9 heteroatoms. The Morgan fingerprint density at radius 3 is 2.10 bits per heavy atom. The molecule has 0 saturated carbocycles. The Bertz CT molecular complexity index is 1090. The van der Waals surface area contributed by atoms with Crippen LogP contribution < -0.4 is 14.8 Å². The summed E-state index contributed by atoms with van der Waals surface area (Å²) < 4.78 is 33.8. The SMILES string of the molecule is O=C(COc1ccc(S(=O)(=O)Nc2ccc(Cl)cc2)cc1)Nc1ccc(I)cc1. The van der Waals surface area contributed by atoms with Gasteiger partial charge in [-0.05, 0) is 95.4 Å². The first-order valence-electron chi connectivity index (χ1n) is 8.38. The molecule has 0 radical (unpaired) electrons. The van der Waals surface area contributed by atoms with Crippen molar-refractivity contribution < 1.29 is 17.9 Å². The van der Waals surface area contributed by atoms with Gasteiger partial charge in [-0.3, -0.25) is 9.52 Å². The summed E-state index contributed by atoms with van der Waals surface area (Å²) in [6.45, 7) is -0.193. The number of hydrogen-bond donors (Lipinski definition) is 2. The number of carbonyl (C=O) groups is 1. The van der Waals surface area contributed by atoms with Crippen molar-refractivity contribution >= 4 is 61.5 Å². The van der Waals surface area contributed by atoms with E-state index in [-0.39, 0.29) is 17.4 Å². The Morgan fingerprint density at radius 2 is 1.48 bits per heavy atom. The van der Waals surface area contributed by atoms with Crippen LogP contribution in [-0.4, -0.2) is 20.9 Å². The number of rotatable bonds is 7. The Balaban J connectivity index is 1.57. The van der Waals surface area contributed by atoms with E-state index in [2.05, 4.69) is 32.6 Å². The monoisotopic (exact) mass is 542 g/mol. The number of ether oxygens (including phenoxy) is 1. The van der Waals surface area contributed by atoms with Crippen LogP contribution in [0.2, 0.25) is 5.02 Å². The Morgan fingerprint density at radius 1 is 0.897 bits per heavy atom. The van der Waals surface area contributed by atoms with Gasteiger partial charge in [-0.25, -0.2) is 8.42 Å². The maximum atomic E-state index is 12.4. The predicted octanol–water partition coefficient (Wildman–Crippen LogP) is 4.76. The van der Waals surface area contributed by atoms with Gasteiger partial charge < -0.3 is 10.1 Å². The first-order valence-corrected chi connectivity index (χ1v) is 11.3. The summed E-state index contributed by atoms with van der Waals surface area (Å²) in [6, 6.07) is 19.5. The molecular weight excluding hydrogens is 527 g/mol. The molecule has 0 heterocycles. The lowest BCUT2D eigenvalue weighted by molar-refractivity contribution is -0.118. The second-order valence-electron chi connectivity index (χ2n) is 5.93. The van der Waals surface area contributed by atoms with Crippen molar-refractivity contribution in [2.75, 3.05) is 16.6 Å². The maximum Gasteiger partial charge on any atom is 0.262 e. The zero-order chi connectivity index (χ0) is 20.9. The molecular formula is C20H16ClIN2O4S. The molecule has 0 bridgehead atoms. The fourth-order valence-electron chi connectivity index (χ4n) is 2.33. The quantitative estimate of drug-likeness (QED) is 0.422. The van der Waals surface area contributed by atoms with Gasteiger partial charge in [0, 0.05) is 20.0 Å². The van der Waals surface area contributed by atoms with Crippen molar-refractivity contribution in [2.24, 2.45) is 0 Å². The molecule has 6 nitrogen and oxygen atoms in total. The van der Waals surface area contributed by atoms with Crippen LogP contribution in [0.5, 0.6) is 5.75 Å². The molecule has 3 rings (SSSR count). The fraction of sp³-hybridized carbons (Fsp3) is 0.0500. The van der Waals surface area contributed by atoms with Crippen LogP contribution in [-0.2, 0) is 14.8 Å². The zero-order valence-corrected chi connectivity index (χ0v) is 18.7. The fourth-order valence-corrected chi connectivity index (χ4v) is 3.87. The Labute approximate surface area is 187 Å². The Hall–Kier alpha value is -2.30. The van der Waals surface area contributed by atoms with Crippen molar-refractivity contribution in [1.29, 1.82) is 0 Å². The molecule has 0 aliphatic rings. The highest BCUT2D eigenvalue weighted by Gasteiger charge is 2.14. The summed E-state index contributed by atoms with van der Waals surface area (Å²) in [7, 11) is -3.75. The molecule has 3 aromatic carbocycles. The number of carbonyl (C=O) groups excluding carboxylic acids is 1. The third kappa shape index (κ3) is 6.34. The van der Waals surface area contributed by atoms with E-state index in [0.29, 0.717) is 22.1 Å². The normalized spacial score (nSPS) is 11.0. The molecule has 0 unspecified atom stereocenters. The number of nitrogens with one attached hydrogen (secondary N) is 2. The van der Waals surface area contributed by atoms with Crippen molar-refractivity contribution in [3.63, 3.8) is 0 Å². The largest absolute Gasteiger partial charge is 0.484 e. The number of hydrogen-bond acceptors (Lipinski definition) is 4. The first-order chi connectivity index (χ1) is 13.8. The van der Waals surface area contributed by atoms with Crippen LogP contribution in [0.25, 0.3) is 0 Å². The summed E-state index contributed by atoms with van der Waals surface area (Å²) in [4.78, 5) is 12.0. The van der Waals surface area contributed by atoms with Gasteiger partial charge in [0.05, 0.1) is 4.90 Å². The maximum absolute atomic E-state index is 12.4. The van der Waals surface area contributed by atoms with Crippen LogP contribution >= 0.6 is 34.2 Å². The number of halogens is 2. The van der Waals surface area contributed by atoms with Gasteiger partial charge in [-0.1, -0.05) is 11.6 Å². The van der Waals surface area contributed by atoms with E-state index in [1.165, 1.54) is 24.3 Å². The van der Waals surface area contributed by atoms with E-state index >= 15 is 0 Å². The molecule has 29 heavy (non-hydrogen) atoms. The van der Waals surface area contributed by atoms with Gasteiger partial charge in [-0.2, -0.15) is 0 Å². The van der Waals surface area contributed by atoms with Gasteiger partial charge in [-0.15, -0.1) is 0 Å². The van der Waals surface area contributed by atoms with Crippen molar-refractivity contribution in [3.05, 3.63) is 81.4 Å². The molecule has 0 aliphatic carbocycles. The minimum Gasteiger partial charge on any atom is -0.484 e. The predicted molar refractivity (Wildman–Crippen MR) is 122 cm³/mol. The standard InChI is InChI=1S/C20H16ClIN2O4S/c21-14-1-5-17(6-2-14)24-29(26,27)19-11-9-18(10-12-19)28-13-20(25)23-16-7-3-15(22)4-8-16/h1-12,24H,13H2,(H,23,25). The summed E-state index contributed by atoms with van der Waals surface area (Å²) in [5.41, 5.74) is 1.08. The molecule has 2 N–H and O–H groups in total. The summed E-state index contributed by atoms with van der Waals surface area (Å²) in [5, 5.41) is 3.24. The van der Waals surface area contributed by atoms with Crippen molar-refractivity contribution in [1.82, 2.24) is 0 Å². The van der Waals surface area contributed by atoms with Gasteiger partial charge in [0.15, 0.2) is 6.61 Å². The van der Waals surface area contributed by atoms with Crippen LogP contribution in [0.1, 0.15) is 0 Å². The van der Waals surface area contributed by atoms with Crippen LogP contribution in [0, 0.1) is 3.57 Å². The van der Waals surface area contributed by atoms with Crippen LogP contribution in [0.15, 0.2) is 77.7 Å². The highest BCUT2D eigenvalue weighted by atomic mass is 127. The minimum absolute atomic E-state index is 0.0724. The van der Waals surface area contributed by atoms with Gasteiger partial charge >= 0.3 is 0 Å². The second kappa shape index (κ2) is 9.47. The molecule has 0 aromatic heterocycles. The molecule has 0 fully saturated rings. The Kier molecular flexibility index (Phi) is 6.99. The van der Waals surface area contributed by atoms with Gasteiger partial charge in [0.1, 0.15) is 5.75 Å². The van der Waals surface area contributed by atoms with Crippen LogP contribution in [0.3, 0.4) is 0 Å². The molecule has 3 aromatic rings. The third-order valence-electron chi connectivity index (χ3n) is 3.73. The molecule has 0 aliphatic heterocycles. The van der Waals surface area contributed by atoms with Gasteiger partial charge in [0.25, 0.3) is 15.9 Å². The summed E-state index contributed by atoms with van der Waals surface area (Å²) in [6.07, 6.45) is 0. The molecule has 0 saturated heterocycles. The lowest BCUT2D eigenvalue weighted by atomic mass is 10.3. The minimum atomic E-state index is -3.75. The van der Waals surface area contributed by atoms with Crippen LogP contribution in [0.4, 0.5) is 11.4 Å². The first kappa shape index (κ1) is 21.4. The number of benzene rings is 3. The second-order valence-corrected chi connectivity index (χ2v) is 9.29. The number of anilines is 2. The average Bonchev–Trinajstić information content (AvgIpc) is 2.70. The van der Waals surface area contributed by atoms with E-state index in [0.717, 1.165) is 3.57 Å². The number of sulfonamides is 1. The lowest BCUT2D eigenvalue weighted by Crippen LogP contribution is -2.20. The molecule has 0 spiro atoms. The highest BCUT2D eigenvalue weighted by molar-refractivity contribution is 14.1. The van der Waals surface area contributed by atoms with Crippen molar-refractivity contribution in [3.8, 4) is 5.75 Å². The van der Waals surface area contributed by atoms with E-state index in [1.807, 2.05) is 12.1 Å². The highest BCUT2D eigenvalue weighted by Crippen LogP contribution is 2.21. The lowest BCUT2D eigenvalue weighted by Gasteiger charge is -2.10. The van der Waals surface area contributed by atoms with E-state index in [9.17, 15) is 13.2 Å².